The van der Waals surface area contributed by atoms with Gasteiger partial charge in [0.2, 0.25) is 0 Å². The van der Waals surface area contributed by atoms with Crippen molar-refractivity contribution in [3.63, 3.8) is 0 Å². The molecule has 0 radical (unpaired) electrons. The van der Waals surface area contributed by atoms with Gasteiger partial charge in [0.15, 0.2) is 5.82 Å². The number of aryl methyl sites for hydroxylation is 1. The molecule has 1 aromatic heterocycles. The Kier molecular flexibility index (Phi) is 3.63. The Morgan fingerprint density at radius 1 is 1.37 bits per heavy atom. The second-order valence-electron chi connectivity index (χ2n) is 4.56. The molecule has 19 heavy (non-hydrogen) atoms. The van der Waals surface area contributed by atoms with Crippen molar-refractivity contribution in [3.8, 4) is 11.5 Å². The molecule has 0 spiro atoms. The second-order valence-corrected chi connectivity index (χ2v) is 5.47. The summed E-state index contributed by atoms with van der Waals surface area (Å²) in [6, 6.07) is 6.04. The van der Waals surface area contributed by atoms with Crippen LogP contribution in [-0.2, 0) is 4.74 Å². The lowest BCUT2D eigenvalue weighted by Crippen LogP contribution is -2.35. The van der Waals surface area contributed by atoms with Gasteiger partial charge < -0.3 is 14.6 Å². The third kappa shape index (κ3) is 2.86. The zero-order valence-corrected chi connectivity index (χ0v) is 12.1. The summed E-state index contributed by atoms with van der Waals surface area (Å²) in [5.41, 5.74) is 2.06. The van der Waals surface area contributed by atoms with Crippen LogP contribution >= 0.6 is 15.9 Å². The maximum absolute atomic E-state index is 5.40. The van der Waals surface area contributed by atoms with E-state index in [1.165, 1.54) is 0 Å². The molecule has 3 rings (SSSR count). The van der Waals surface area contributed by atoms with Gasteiger partial charge >= 0.3 is 0 Å². The lowest BCUT2D eigenvalue weighted by atomic mass is 10.1. The molecule has 1 aliphatic heterocycles. The van der Waals surface area contributed by atoms with Crippen molar-refractivity contribution >= 4 is 15.9 Å². The van der Waals surface area contributed by atoms with Gasteiger partial charge in [0.25, 0.3) is 5.89 Å². The fraction of sp³-hybridized carbons (Fsp3) is 0.385. The highest BCUT2D eigenvalue weighted by molar-refractivity contribution is 9.10. The SMILES string of the molecule is Cc1cc(Br)cc(-c2nc(C3COCCN3)no2)c1. The van der Waals surface area contributed by atoms with Crippen LogP contribution in [0.3, 0.4) is 0 Å². The Labute approximate surface area is 119 Å². The van der Waals surface area contributed by atoms with Gasteiger partial charge in [-0.2, -0.15) is 4.98 Å². The van der Waals surface area contributed by atoms with Gasteiger partial charge in [-0.05, 0) is 30.7 Å². The first-order chi connectivity index (χ1) is 9.22. The number of halogens is 1. The molecule has 0 saturated carbocycles. The highest BCUT2D eigenvalue weighted by atomic mass is 79.9. The summed E-state index contributed by atoms with van der Waals surface area (Å²) < 4.78 is 11.7. The quantitative estimate of drug-likeness (QED) is 0.920. The first-order valence-corrected chi connectivity index (χ1v) is 6.94. The molecule has 1 fully saturated rings. The lowest BCUT2D eigenvalue weighted by Gasteiger charge is -2.20. The van der Waals surface area contributed by atoms with Gasteiger partial charge in [-0.15, -0.1) is 0 Å². The number of benzene rings is 1. The van der Waals surface area contributed by atoms with Crippen molar-refractivity contribution in [3.05, 3.63) is 34.1 Å². The number of ether oxygens (including phenoxy) is 1. The Hall–Kier alpha value is -1.24. The van der Waals surface area contributed by atoms with E-state index < -0.39 is 0 Å². The largest absolute Gasteiger partial charge is 0.378 e. The van der Waals surface area contributed by atoms with Crippen LogP contribution in [0.25, 0.3) is 11.5 Å². The van der Waals surface area contributed by atoms with E-state index in [4.69, 9.17) is 9.26 Å². The third-order valence-corrected chi connectivity index (χ3v) is 3.42. The molecule has 6 heteroatoms. The number of hydrogen-bond donors (Lipinski definition) is 1. The van der Waals surface area contributed by atoms with E-state index in [1.54, 1.807) is 0 Å². The number of morpholine rings is 1. The molecule has 1 aromatic carbocycles. The maximum Gasteiger partial charge on any atom is 0.258 e. The topological polar surface area (TPSA) is 60.2 Å². The molecule has 0 bridgehead atoms. The van der Waals surface area contributed by atoms with Crippen LogP contribution in [0.4, 0.5) is 0 Å². The van der Waals surface area contributed by atoms with Crippen LogP contribution in [0.5, 0.6) is 0 Å². The first kappa shape index (κ1) is 12.8. The maximum atomic E-state index is 5.40. The van der Waals surface area contributed by atoms with Gasteiger partial charge in [0.05, 0.1) is 19.3 Å². The zero-order valence-electron chi connectivity index (χ0n) is 10.5. The molecule has 1 saturated heterocycles. The van der Waals surface area contributed by atoms with Gasteiger partial charge in [-0.1, -0.05) is 21.1 Å². The van der Waals surface area contributed by atoms with Gasteiger partial charge in [-0.3, -0.25) is 0 Å². The molecule has 1 unspecified atom stereocenters. The molecule has 2 heterocycles. The van der Waals surface area contributed by atoms with E-state index in [-0.39, 0.29) is 6.04 Å². The zero-order chi connectivity index (χ0) is 13.2. The molecular formula is C13H14BrN3O2. The minimum Gasteiger partial charge on any atom is -0.378 e. The summed E-state index contributed by atoms with van der Waals surface area (Å²) in [6.07, 6.45) is 0. The molecule has 0 aliphatic carbocycles. The summed E-state index contributed by atoms with van der Waals surface area (Å²) in [4.78, 5) is 4.45. The minimum atomic E-state index is 0.0134. The van der Waals surface area contributed by atoms with Crippen molar-refractivity contribution in [1.29, 1.82) is 0 Å². The second kappa shape index (κ2) is 5.40. The van der Waals surface area contributed by atoms with E-state index in [2.05, 4.69) is 31.4 Å². The number of nitrogens with zero attached hydrogens (tertiary/aromatic N) is 2. The van der Waals surface area contributed by atoms with E-state index in [0.29, 0.717) is 18.3 Å². The Balaban J connectivity index is 1.87. The number of aromatic nitrogens is 2. The molecule has 1 N–H and O–H groups in total. The van der Waals surface area contributed by atoms with Crippen LogP contribution < -0.4 is 5.32 Å². The Morgan fingerprint density at radius 2 is 2.26 bits per heavy atom. The van der Waals surface area contributed by atoms with Crippen molar-refractivity contribution in [1.82, 2.24) is 15.5 Å². The van der Waals surface area contributed by atoms with Crippen LogP contribution in [0.1, 0.15) is 17.4 Å². The fourth-order valence-electron chi connectivity index (χ4n) is 2.08. The van der Waals surface area contributed by atoms with Crippen LogP contribution in [0.2, 0.25) is 0 Å². The van der Waals surface area contributed by atoms with E-state index in [0.717, 1.165) is 28.8 Å². The van der Waals surface area contributed by atoms with E-state index in [1.807, 2.05) is 25.1 Å². The van der Waals surface area contributed by atoms with E-state index >= 15 is 0 Å². The molecule has 0 amide bonds. The Bertz CT molecular complexity index is 559. The highest BCUT2D eigenvalue weighted by Gasteiger charge is 2.21. The lowest BCUT2D eigenvalue weighted by molar-refractivity contribution is 0.0734. The summed E-state index contributed by atoms with van der Waals surface area (Å²) in [7, 11) is 0. The first-order valence-electron chi connectivity index (χ1n) is 6.15. The normalized spacial score (nSPS) is 19.6. The van der Waals surface area contributed by atoms with Crippen LogP contribution in [-0.4, -0.2) is 29.9 Å². The highest BCUT2D eigenvalue weighted by Crippen LogP contribution is 2.25. The van der Waals surface area contributed by atoms with Gasteiger partial charge in [0, 0.05) is 16.6 Å². The molecule has 2 aromatic rings. The van der Waals surface area contributed by atoms with Crippen molar-refractivity contribution in [2.24, 2.45) is 0 Å². The average molecular weight is 324 g/mol. The van der Waals surface area contributed by atoms with Gasteiger partial charge in [0.1, 0.15) is 0 Å². The van der Waals surface area contributed by atoms with E-state index in [9.17, 15) is 0 Å². The third-order valence-electron chi connectivity index (χ3n) is 2.96. The Morgan fingerprint density at radius 3 is 3.00 bits per heavy atom. The fourth-order valence-corrected chi connectivity index (χ4v) is 2.69. The minimum absolute atomic E-state index is 0.0134. The van der Waals surface area contributed by atoms with Crippen molar-refractivity contribution in [2.45, 2.75) is 13.0 Å². The summed E-state index contributed by atoms with van der Waals surface area (Å²) in [5.74, 6) is 1.18. The number of rotatable bonds is 2. The average Bonchev–Trinajstić information content (AvgIpc) is 2.88. The van der Waals surface area contributed by atoms with Crippen LogP contribution in [0, 0.1) is 6.92 Å². The number of hydrogen-bond acceptors (Lipinski definition) is 5. The monoisotopic (exact) mass is 323 g/mol. The summed E-state index contributed by atoms with van der Waals surface area (Å²) >= 11 is 3.47. The smallest absolute Gasteiger partial charge is 0.258 e. The summed E-state index contributed by atoms with van der Waals surface area (Å²) in [6.45, 7) is 4.15. The standard InChI is InChI=1S/C13H14BrN3O2/c1-8-4-9(6-10(14)5-8)13-16-12(17-19-13)11-7-18-3-2-15-11/h4-6,11,15H,2-3,7H2,1H3. The van der Waals surface area contributed by atoms with Gasteiger partial charge in [-0.25, -0.2) is 0 Å². The predicted molar refractivity (Wildman–Crippen MR) is 73.7 cm³/mol. The van der Waals surface area contributed by atoms with Crippen LogP contribution in [0.15, 0.2) is 27.2 Å². The molecule has 100 valence electrons. The molecular weight excluding hydrogens is 310 g/mol. The van der Waals surface area contributed by atoms with Crippen molar-refractivity contribution < 1.29 is 9.26 Å². The molecule has 5 nitrogen and oxygen atoms in total. The summed E-state index contributed by atoms with van der Waals surface area (Å²) in [5, 5.41) is 7.34. The van der Waals surface area contributed by atoms with Crippen molar-refractivity contribution in [2.75, 3.05) is 19.8 Å². The number of nitrogens with one attached hydrogen (secondary N) is 1. The molecule has 1 atom stereocenters. The molecule has 1 aliphatic rings. The predicted octanol–water partition coefficient (Wildman–Crippen LogP) is 2.47.